The summed E-state index contributed by atoms with van der Waals surface area (Å²) in [6, 6.07) is 12.4. The third-order valence-corrected chi connectivity index (χ3v) is 3.62. The van der Waals surface area contributed by atoms with Crippen LogP contribution in [0.1, 0.15) is 42.9 Å². The molecular weight excluding hydrogens is 250 g/mol. The average molecular weight is 271 g/mol. The lowest BCUT2D eigenvalue weighted by atomic mass is 10.0. The van der Waals surface area contributed by atoms with Gasteiger partial charge in [0.1, 0.15) is 17.3 Å². The third-order valence-electron chi connectivity index (χ3n) is 3.62. The van der Waals surface area contributed by atoms with Crippen LogP contribution in [0.15, 0.2) is 40.8 Å². The van der Waals surface area contributed by atoms with E-state index in [4.69, 9.17) is 9.15 Å². The molecule has 3 heteroatoms. The van der Waals surface area contributed by atoms with E-state index < -0.39 is 0 Å². The first kappa shape index (κ1) is 13.3. The van der Waals surface area contributed by atoms with Crippen LogP contribution in [0, 0.1) is 0 Å². The number of hydrogen-bond acceptors (Lipinski definition) is 3. The molecule has 1 aliphatic carbocycles. The summed E-state index contributed by atoms with van der Waals surface area (Å²) >= 11 is 0. The number of ether oxygens (including phenoxy) is 1. The molecule has 1 aromatic heterocycles. The maximum Gasteiger partial charge on any atom is 0.125 e. The summed E-state index contributed by atoms with van der Waals surface area (Å²) in [4.78, 5) is 0. The minimum absolute atomic E-state index is 0.0676. The first-order valence-electron chi connectivity index (χ1n) is 7.32. The van der Waals surface area contributed by atoms with Gasteiger partial charge in [-0.2, -0.15) is 0 Å². The molecular formula is C17H21NO2. The van der Waals surface area contributed by atoms with Gasteiger partial charge >= 0.3 is 0 Å². The second-order valence-corrected chi connectivity index (χ2v) is 5.27. The van der Waals surface area contributed by atoms with Crippen molar-refractivity contribution in [3.05, 3.63) is 53.5 Å². The Hall–Kier alpha value is -1.74. The van der Waals surface area contributed by atoms with Crippen molar-refractivity contribution in [3.63, 3.8) is 0 Å². The van der Waals surface area contributed by atoms with Crippen LogP contribution < -0.4 is 10.1 Å². The fraction of sp³-hybridized carbons (Fsp3) is 0.412. The second-order valence-electron chi connectivity index (χ2n) is 5.27. The van der Waals surface area contributed by atoms with Crippen LogP contribution in [0.4, 0.5) is 0 Å². The van der Waals surface area contributed by atoms with Crippen molar-refractivity contribution >= 4 is 0 Å². The van der Waals surface area contributed by atoms with E-state index in [0.717, 1.165) is 23.7 Å². The van der Waals surface area contributed by atoms with E-state index in [1.54, 1.807) is 0 Å². The number of benzene rings is 1. The molecule has 0 aliphatic heterocycles. The molecule has 1 heterocycles. The molecule has 1 unspecified atom stereocenters. The zero-order valence-electron chi connectivity index (χ0n) is 12.1. The van der Waals surface area contributed by atoms with Gasteiger partial charge in [-0.25, -0.2) is 0 Å². The Kier molecular flexibility index (Phi) is 3.79. The van der Waals surface area contributed by atoms with E-state index in [9.17, 15) is 0 Å². The highest BCUT2D eigenvalue weighted by molar-refractivity contribution is 5.34. The third kappa shape index (κ3) is 2.88. The molecule has 1 N–H and O–H groups in total. The minimum atomic E-state index is 0.0676. The van der Waals surface area contributed by atoms with Crippen molar-refractivity contribution in [2.45, 2.75) is 38.3 Å². The number of hydrogen-bond donors (Lipinski definition) is 1. The van der Waals surface area contributed by atoms with Gasteiger partial charge in [0.2, 0.25) is 0 Å². The van der Waals surface area contributed by atoms with E-state index in [0.29, 0.717) is 6.10 Å². The highest BCUT2D eigenvalue weighted by Crippen LogP contribution is 2.30. The van der Waals surface area contributed by atoms with Crippen LogP contribution in [-0.2, 0) is 6.42 Å². The number of rotatable bonds is 6. The van der Waals surface area contributed by atoms with Crippen LogP contribution in [0.5, 0.6) is 5.75 Å². The van der Waals surface area contributed by atoms with Gasteiger partial charge in [-0.1, -0.05) is 19.1 Å². The SMILES string of the molecule is CCc1ccc(C(NC)c2cccc(OC3CC3)c2)o1. The topological polar surface area (TPSA) is 34.4 Å². The van der Waals surface area contributed by atoms with Crippen molar-refractivity contribution in [3.8, 4) is 5.75 Å². The summed E-state index contributed by atoms with van der Waals surface area (Å²) in [5.41, 5.74) is 1.17. The molecule has 0 saturated heterocycles. The summed E-state index contributed by atoms with van der Waals surface area (Å²) in [6.07, 6.45) is 3.70. The molecule has 0 radical (unpaired) electrons. The van der Waals surface area contributed by atoms with Crippen LogP contribution in [0.25, 0.3) is 0 Å². The zero-order valence-corrected chi connectivity index (χ0v) is 12.1. The lowest BCUT2D eigenvalue weighted by molar-refractivity contribution is 0.302. The summed E-state index contributed by atoms with van der Waals surface area (Å²) < 4.78 is 11.7. The van der Waals surface area contributed by atoms with Gasteiger partial charge in [0.25, 0.3) is 0 Å². The quantitative estimate of drug-likeness (QED) is 0.870. The Bertz CT molecular complexity index is 572. The summed E-state index contributed by atoms with van der Waals surface area (Å²) in [7, 11) is 1.95. The van der Waals surface area contributed by atoms with Crippen molar-refractivity contribution < 1.29 is 9.15 Å². The fourth-order valence-corrected chi connectivity index (χ4v) is 2.36. The molecule has 1 aromatic carbocycles. The predicted octanol–water partition coefficient (Wildman–Crippen LogP) is 3.69. The van der Waals surface area contributed by atoms with Crippen LogP contribution in [0.3, 0.4) is 0 Å². The predicted molar refractivity (Wildman–Crippen MR) is 79.1 cm³/mol. The first-order chi connectivity index (χ1) is 9.80. The maximum absolute atomic E-state index is 5.87. The van der Waals surface area contributed by atoms with Gasteiger partial charge in [-0.15, -0.1) is 0 Å². The largest absolute Gasteiger partial charge is 0.490 e. The fourth-order valence-electron chi connectivity index (χ4n) is 2.36. The monoisotopic (exact) mass is 271 g/mol. The Morgan fingerprint density at radius 3 is 2.80 bits per heavy atom. The van der Waals surface area contributed by atoms with Gasteiger partial charge in [0.05, 0.1) is 12.1 Å². The van der Waals surface area contributed by atoms with Gasteiger partial charge in [-0.3, -0.25) is 0 Å². The summed E-state index contributed by atoms with van der Waals surface area (Å²) in [5.74, 6) is 2.92. The second kappa shape index (κ2) is 5.71. The van der Waals surface area contributed by atoms with E-state index in [-0.39, 0.29) is 6.04 Å². The average Bonchev–Trinajstić information content (AvgIpc) is 3.15. The molecule has 20 heavy (non-hydrogen) atoms. The molecule has 0 amide bonds. The standard InChI is InChI=1S/C17H21NO2/c1-3-13-9-10-16(20-13)17(18-2)12-5-4-6-15(11-12)19-14-7-8-14/h4-6,9-11,14,17-18H,3,7-8H2,1-2H3. The van der Waals surface area contributed by atoms with Crippen LogP contribution in [0.2, 0.25) is 0 Å². The highest BCUT2D eigenvalue weighted by atomic mass is 16.5. The van der Waals surface area contributed by atoms with Crippen molar-refractivity contribution in [2.24, 2.45) is 0 Å². The first-order valence-corrected chi connectivity index (χ1v) is 7.32. The van der Waals surface area contributed by atoms with Crippen molar-refractivity contribution in [2.75, 3.05) is 7.05 Å². The van der Waals surface area contributed by atoms with Gasteiger partial charge in [0, 0.05) is 6.42 Å². The highest BCUT2D eigenvalue weighted by Gasteiger charge is 2.24. The van der Waals surface area contributed by atoms with Crippen LogP contribution >= 0.6 is 0 Å². The maximum atomic E-state index is 5.87. The van der Waals surface area contributed by atoms with Crippen LogP contribution in [-0.4, -0.2) is 13.2 Å². The Morgan fingerprint density at radius 2 is 2.15 bits per heavy atom. The van der Waals surface area contributed by atoms with Gasteiger partial charge in [0.15, 0.2) is 0 Å². The Labute approximate surface area is 119 Å². The lowest BCUT2D eigenvalue weighted by Gasteiger charge is -2.15. The molecule has 1 fully saturated rings. The molecule has 106 valence electrons. The van der Waals surface area contributed by atoms with Gasteiger partial charge in [-0.05, 0) is 49.7 Å². The summed E-state index contributed by atoms with van der Waals surface area (Å²) in [6.45, 7) is 2.10. The number of furan rings is 1. The molecule has 3 nitrogen and oxygen atoms in total. The van der Waals surface area contributed by atoms with E-state index in [1.807, 2.05) is 25.2 Å². The normalized spacial score (nSPS) is 16.1. The Morgan fingerprint density at radius 1 is 1.30 bits per heavy atom. The smallest absolute Gasteiger partial charge is 0.125 e. The van der Waals surface area contributed by atoms with Crippen molar-refractivity contribution in [1.29, 1.82) is 0 Å². The minimum Gasteiger partial charge on any atom is -0.490 e. The molecule has 3 rings (SSSR count). The molecule has 1 atom stereocenters. The lowest BCUT2D eigenvalue weighted by Crippen LogP contribution is -2.17. The zero-order chi connectivity index (χ0) is 13.9. The van der Waals surface area contributed by atoms with E-state index >= 15 is 0 Å². The molecule has 1 aliphatic rings. The molecule has 0 bridgehead atoms. The van der Waals surface area contributed by atoms with E-state index in [1.165, 1.54) is 18.4 Å². The van der Waals surface area contributed by atoms with E-state index in [2.05, 4.69) is 30.4 Å². The number of nitrogens with one attached hydrogen (secondary N) is 1. The van der Waals surface area contributed by atoms with Gasteiger partial charge < -0.3 is 14.5 Å². The summed E-state index contributed by atoms with van der Waals surface area (Å²) in [5, 5.41) is 3.32. The molecule has 2 aromatic rings. The Balaban J connectivity index is 1.83. The number of aryl methyl sites for hydroxylation is 1. The molecule has 1 saturated carbocycles. The molecule has 0 spiro atoms. The van der Waals surface area contributed by atoms with Crippen molar-refractivity contribution in [1.82, 2.24) is 5.32 Å².